The third-order valence-corrected chi connectivity index (χ3v) is 3.03. The van der Waals surface area contributed by atoms with Gasteiger partial charge < -0.3 is 9.47 Å². The Balaban J connectivity index is 2.73. The number of ether oxygens (including phenoxy) is 2. The molecule has 0 aliphatic carbocycles. The summed E-state index contributed by atoms with van der Waals surface area (Å²) in [6.07, 6.45) is -3.44. The maximum atomic E-state index is 12.5. The van der Waals surface area contributed by atoms with Gasteiger partial charge in [-0.15, -0.1) is 11.8 Å². The topological polar surface area (TPSA) is 18.5 Å². The van der Waals surface area contributed by atoms with Crippen molar-refractivity contribution in [3.8, 4) is 0 Å². The molecule has 1 aliphatic heterocycles. The van der Waals surface area contributed by atoms with Crippen LogP contribution in [0.2, 0.25) is 0 Å². The normalized spacial score (nSPS) is 26.2. The van der Waals surface area contributed by atoms with Gasteiger partial charge in [-0.3, -0.25) is 0 Å². The van der Waals surface area contributed by atoms with Gasteiger partial charge >= 0.3 is 6.18 Å². The maximum absolute atomic E-state index is 12.5. The van der Waals surface area contributed by atoms with E-state index in [9.17, 15) is 13.2 Å². The van der Waals surface area contributed by atoms with Gasteiger partial charge in [0.2, 0.25) is 5.76 Å². The highest BCUT2D eigenvalue weighted by atomic mass is 32.2. The monoisotopic (exact) mass is 256 g/mol. The minimum absolute atomic E-state index is 0.399. The summed E-state index contributed by atoms with van der Waals surface area (Å²) in [5.74, 6) is -0.211. The van der Waals surface area contributed by atoms with Gasteiger partial charge in [-0.25, -0.2) is 0 Å². The summed E-state index contributed by atoms with van der Waals surface area (Å²) in [6.45, 7) is 4.05. The van der Waals surface area contributed by atoms with Gasteiger partial charge in [0.1, 0.15) is 5.44 Å². The maximum Gasteiger partial charge on any atom is 0.448 e. The third kappa shape index (κ3) is 3.90. The quantitative estimate of drug-likeness (QED) is 0.768. The summed E-state index contributed by atoms with van der Waals surface area (Å²) in [4.78, 5) is 0. The van der Waals surface area contributed by atoms with Gasteiger partial charge in [0.05, 0.1) is 6.10 Å². The van der Waals surface area contributed by atoms with Crippen LogP contribution in [0.3, 0.4) is 0 Å². The lowest BCUT2D eigenvalue weighted by Crippen LogP contribution is -2.30. The van der Waals surface area contributed by atoms with Crippen LogP contribution >= 0.6 is 11.8 Å². The first-order chi connectivity index (χ1) is 7.47. The van der Waals surface area contributed by atoms with E-state index in [4.69, 9.17) is 9.47 Å². The van der Waals surface area contributed by atoms with Crippen LogP contribution in [0.15, 0.2) is 11.8 Å². The zero-order valence-corrected chi connectivity index (χ0v) is 10.0. The van der Waals surface area contributed by atoms with Crippen LogP contribution in [-0.2, 0) is 9.47 Å². The lowest BCUT2D eigenvalue weighted by atomic mass is 10.2. The van der Waals surface area contributed by atoms with Gasteiger partial charge in [-0.1, -0.05) is 6.92 Å². The Morgan fingerprint density at radius 3 is 2.69 bits per heavy atom. The van der Waals surface area contributed by atoms with Crippen LogP contribution in [0.5, 0.6) is 0 Å². The molecule has 0 aromatic carbocycles. The zero-order valence-electron chi connectivity index (χ0n) is 9.21. The van der Waals surface area contributed by atoms with Crippen molar-refractivity contribution >= 4 is 11.8 Å². The van der Waals surface area contributed by atoms with Gasteiger partial charge in [-0.05, 0) is 18.8 Å². The Hall–Kier alpha value is -0.360. The molecule has 0 aromatic heterocycles. The molecule has 0 radical (unpaired) electrons. The van der Waals surface area contributed by atoms with E-state index in [0.717, 1.165) is 6.08 Å². The molecule has 0 N–H and O–H groups in total. The van der Waals surface area contributed by atoms with E-state index in [0.29, 0.717) is 18.8 Å². The van der Waals surface area contributed by atoms with E-state index in [1.54, 1.807) is 6.92 Å². The lowest BCUT2D eigenvalue weighted by Gasteiger charge is -2.29. The predicted molar refractivity (Wildman–Crippen MR) is 57.2 cm³/mol. The van der Waals surface area contributed by atoms with Crippen molar-refractivity contribution in [2.45, 2.75) is 38.0 Å². The van der Waals surface area contributed by atoms with Crippen LogP contribution in [-0.4, -0.2) is 30.1 Å². The second-order valence-corrected chi connectivity index (χ2v) is 4.70. The minimum Gasteiger partial charge on any atom is -0.475 e. The van der Waals surface area contributed by atoms with Gasteiger partial charge in [0, 0.05) is 13.0 Å². The second kappa shape index (κ2) is 5.82. The molecular weight excluding hydrogens is 241 g/mol. The van der Waals surface area contributed by atoms with Crippen LogP contribution in [0.4, 0.5) is 13.2 Å². The largest absolute Gasteiger partial charge is 0.475 e. The van der Waals surface area contributed by atoms with Gasteiger partial charge in [0.15, 0.2) is 0 Å². The number of allylic oxidation sites excluding steroid dienone is 1. The minimum atomic E-state index is -4.43. The first kappa shape index (κ1) is 13.7. The molecular formula is C10H15F3O2S. The molecule has 2 unspecified atom stereocenters. The SMILES string of the molecule is CCOC1C=C(C(F)(F)F)OC(SCC)C1. The fraction of sp³-hybridized carbons (Fsp3) is 0.800. The molecule has 0 saturated heterocycles. The van der Waals surface area contributed by atoms with E-state index in [2.05, 4.69) is 0 Å². The summed E-state index contributed by atoms with van der Waals surface area (Å²) >= 11 is 1.36. The van der Waals surface area contributed by atoms with Crippen LogP contribution in [0, 0.1) is 0 Å². The predicted octanol–water partition coefficient (Wildman–Crippen LogP) is 3.34. The van der Waals surface area contributed by atoms with Crippen molar-refractivity contribution in [3.63, 3.8) is 0 Å². The standard InChI is InChI=1S/C10H15F3O2S/c1-3-14-7-5-8(10(11,12)13)15-9(6-7)16-4-2/h5,7,9H,3-4,6H2,1-2H3. The Bertz CT molecular complexity index is 253. The smallest absolute Gasteiger partial charge is 0.448 e. The molecule has 1 heterocycles. The fourth-order valence-corrected chi connectivity index (χ4v) is 2.30. The number of hydrogen-bond donors (Lipinski definition) is 0. The van der Waals surface area contributed by atoms with Crippen molar-refractivity contribution in [1.82, 2.24) is 0 Å². The zero-order chi connectivity index (χ0) is 12.2. The van der Waals surface area contributed by atoms with E-state index < -0.39 is 23.5 Å². The van der Waals surface area contributed by atoms with Crippen molar-refractivity contribution in [1.29, 1.82) is 0 Å². The number of hydrogen-bond acceptors (Lipinski definition) is 3. The highest BCUT2D eigenvalue weighted by Crippen LogP contribution is 2.35. The highest BCUT2D eigenvalue weighted by molar-refractivity contribution is 7.99. The second-order valence-electron chi connectivity index (χ2n) is 3.26. The number of halogens is 3. The Morgan fingerprint density at radius 2 is 2.19 bits per heavy atom. The molecule has 1 aliphatic rings. The molecule has 0 bridgehead atoms. The van der Waals surface area contributed by atoms with Crippen molar-refractivity contribution in [3.05, 3.63) is 11.8 Å². The van der Waals surface area contributed by atoms with E-state index in [-0.39, 0.29) is 0 Å². The molecule has 16 heavy (non-hydrogen) atoms. The Kier molecular flexibility index (Phi) is 4.98. The molecule has 0 saturated carbocycles. The highest BCUT2D eigenvalue weighted by Gasteiger charge is 2.40. The van der Waals surface area contributed by atoms with E-state index in [1.807, 2.05) is 6.92 Å². The van der Waals surface area contributed by atoms with E-state index >= 15 is 0 Å². The molecule has 0 fully saturated rings. The van der Waals surface area contributed by atoms with Gasteiger partial charge in [0.25, 0.3) is 0 Å². The van der Waals surface area contributed by atoms with E-state index in [1.165, 1.54) is 11.8 Å². The Morgan fingerprint density at radius 1 is 1.50 bits per heavy atom. The summed E-state index contributed by atoms with van der Waals surface area (Å²) in [7, 11) is 0. The lowest BCUT2D eigenvalue weighted by molar-refractivity contribution is -0.141. The molecule has 0 aromatic rings. The first-order valence-electron chi connectivity index (χ1n) is 5.16. The first-order valence-corrected chi connectivity index (χ1v) is 6.21. The third-order valence-electron chi connectivity index (χ3n) is 2.03. The molecule has 0 spiro atoms. The van der Waals surface area contributed by atoms with Crippen LogP contribution in [0.1, 0.15) is 20.3 Å². The van der Waals surface area contributed by atoms with Crippen molar-refractivity contribution in [2.75, 3.05) is 12.4 Å². The number of rotatable bonds is 4. The molecule has 94 valence electrons. The summed E-state index contributed by atoms with van der Waals surface area (Å²) in [6, 6.07) is 0. The number of alkyl halides is 3. The molecule has 2 atom stereocenters. The molecule has 0 amide bonds. The fourth-order valence-electron chi connectivity index (χ4n) is 1.44. The Labute approximate surface area is 97.2 Å². The van der Waals surface area contributed by atoms with Crippen LogP contribution in [0.25, 0.3) is 0 Å². The average Bonchev–Trinajstić information content (AvgIpc) is 2.17. The summed E-state index contributed by atoms with van der Waals surface area (Å²) < 4.78 is 47.6. The van der Waals surface area contributed by atoms with Crippen LogP contribution < -0.4 is 0 Å². The van der Waals surface area contributed by atoms with Crippen molar-refractivity contribution < 1.29 is 22.6 Å². The molecule has 6 heteroatoms. The average molecular weight is 256 g/mol. The molecule has 1 rings (SSSR count). The summed E-state index contributed by atoms with van der Waals surface area (Å²) in [5, 5.41) is 0. The molecule has 2 nitrogen and oxygen atoms in total. The summed E-state index contributed by atoms with van der Waals surface area (Å²) in [5.41, 5.74) is -0.469. The van der Waals surface area contributed by atoms with Crippen molar-refractivity contribution in [2.24, 2.45) is 0 Å². The number of thioether (sulfide) groups is 1. The van der Waals surface area contributed by atoms with Gasteiger partial charge in [-0.2, -0.15) is 13.2 Å².